The van der Waals surface area contributed by atoms with Gasteiger partial charge < -0.3 is 10.1 Å². The molecule has 18 heavy (non-hydrogen) atoms. The Morgan fingerprint density at radius 1 is 1.44 bits per heavy atom. The van der Waals surface area contributed by atoms with Crippen molar-refractivity contribution >= 4 is 0 Å². The Hall–Kier alpha value is -1.12. The van der Waals surface area contributed by atoms with Gasteiger partial charge in [0.1, 0.15) is 0 Å². The molecule has 0 amide bonds. The van der Waals surface area contributed by atoms with E-state index in [9.17, 15) is 0 Å². The lowest BCUT2D eigenvalue weighted by molar-refractivity contribution is 0.181. The van der Waals surface area contributed by atoms with Crippen molar-refractivity contribution in [3.8, 4) is 0 Å². The van der Waals surface area contributed by atoms with Crippen LogP contribution in [0, 0.1) is 5.92 Å². The third-order valence-electron chi connectivity index (χ3n) is 3.45. The van der Waals surface area contributed by atoms with Gasteiger partial charge in [0.15, 0.2) is 0 Å². The second kappa shape index (κ2) is 6.72. The standard InChI is InChI=1S/C16H23NO/c1-13(2)11-17-16(10-14-8-9-18-12-14)15-6-4-3-5-7-15/h3-7,14,16-17H,1,8-12H2,2H3/t14-,16-/m1/s1. The van der Waals surface area contributed by atoms with Gasteiger partial charge in [-0.2, -0.15) is 0 Å². The normalized spacial score (nSPS) is 20.8. The molecule has 0 radical (unpaired) electrons. The quantitative estimate of drug-likeness (QED) is 0.776. The van der Waals surface area contributed by atoms with Gasteiger partial charge in [0, 0.05) is 25.8 Å². The first kappa shape index (κ1) is 13.3. The maximum Gasteiger partial charge on any atom is 0.0495 e. The molecular weight excluding hydrogens is 222 g/mol. The predicted octanol–water partition coefficient (Wildman–Crippen LogP) is 3.32. The summed E-state index contributed by atoms with van der Waals surface area (Å²) in [4.78, 5) is 0. The second-order valence-electron chi connectivity index (χ2n) is 5.27. The molecule has 1 heterocycles. The minimum Gasteiger partial charge on any atom is -0.381 e. The zero-order valence-corrected chi connectivity index (χ0v) is 11.2. The van der Waals surface area contributed by atoms with Crippen LogP contribution in [0.1, 0.15) is 31.4 Å². The van der Waals surface area contributed by atoms with Crippen molar-refractivity contribution in [2.75, 3.05) is 19.8 Å². The summed E-state index contributed by atoms with van der Waals surface area (Å²) in [7, 11) is 0. The van der Waals surface area contributed by atoms with Crippen LogP contribution in [0.3, 0.4) is 0 Å². The summed E-state index contributed by atoms with van der Waals surface area (Å²) in [6.45, 7) is 8.75. The van der Waals surface area contributed by atoms with Crippen molar-refractivity contribution in [1.29, 1.82) is 0 Å². The average Bonchev–Trinajstić information content (AvgIpc) is 2.88. The van der Waals surface area contributed by atoms with Gasteiger partial charge in [-0.25, -0.2) is 0 Å². The van der Waals surface area contributed by atoms with E-state index < -0.39 is 0 Å². The van der Waals surface area contributed by atoms with Gasteiger partial charge in [0.25, 0.3) is 0 Å². The fraction of sp³-hybridized carbons (Fsp3) is 0.500. The number of ether oxygens (including phenoxy) is 1. The van der Waals surface area contributed by atoms with Gasteiger partial charge in [-0.3, -0.25) is 0 Å². The lowest BCUT2D eigenvalue weighted by Gasteiger charge is -2.22. The highest BCUT2D eigenvalue weighted by Gasteiger charge is 2.21. The molecule has 2 rings (SSSR count). The monoisotopic (exact) mass is 245 g/mol. The molecule has 1 aliphatic rings. The maximum absolute atomic E-state index is 5.47. The highest BCUT2D eigenvalue weighted by atomic mass is 16.5. The summed E-state index contributed by atoms with van der Waals surface area (Å²) in [5, 5.41) is 3.61. The Labute approximate surface area is 110 Å². The maximum atomic E-state index is 5.47. The van der Waals surface area contributed by atoms with Crippen LogP contribution in [0.15, 0.2) is 42.5 Å². The Bertz CT molecular complexity index is 368. The van der Waals surface area contributed by atoms with E-state index in [1.54, 1.807) is 0 Å². The van der Waals surface area contributed by atoms with Crippen LogP contribution in [0.25, 0.3) is 0 Å². The molecule has 1 saturated heterocycles. The summed E-state index contributed by atoms with van der Waals surface area (Å²) in [5.74, 6) is 0.688. The smallest absolute Gasteiger partial charge is 0.0495 e. The third-order valence-corrected chi connectivity index (χ3v) is 3.45. The van der Waals surface area contributed by atoms with E-state index in [0.29, 0.717) is 12.0 Å². The molecule has 2 nitrogen and oxygen atoms in total. The molecule has 0 saturated carbocycles. The summed E-state index contributed by atoms with van der Waals surface area (Å²) in [6, 6.07) is 11.1. The van der Waals surface area contributed by atoms with Crippen molar-refractivity contribution < 1.29 is 4.74 Å². The summed E-state index contributed by atoms with van der Waals surface area (Å²) in [6.07, 6.45) is 2.34. The van der Waals surface area contributed by atoms with Crippen LogP contribution in [-0.2, 0) is 4.74 Å². The van der Waals surface area contributed by atoms with Crippen molar-refractivity contribution in [3.05, 3.63) is 48.0 Å². The zero-order valence-electron chi connectivity index (χ0n) is 11.2. The topological polar surface area (TPSA) is 21.3 Å². The van der Waals surface area contributed by atoms with Crippen LogP contribution in [0.4, 0.5) is 0 Å². The predicted molar refractivity (Wildman–Crippen MR) is 75.5 cm³/mol. The van der Waals surface area contributed by atoms with Crippen molar-refractivity contribution in [2.24, 2.45) is 5.92 Å². The van der Waals surface area contributed by atoms with E-state index in [2.05, 4.69) is 49.2 Å². The minimum atomic E-state index is 0.412. The Morgan fingerprint density at radius 3 is 2.83 bits per heavy atom. The molecule has 1 aliphatic heterocycles. The second-order valence-corrected chi connectivity index (χ2v) is 5.27. The molecule has 1 aromatic carbocycles. The van der Waals surface area contributed by atoms with Crippen LogP contribution in [0.5, 0.6) is 0 Å². The van der Waals surface area contributed by atoms with Gasteiger partial charge in [0.05, 0.1) is 0 Å². The number of benzene rings is 1. The molecule has 1 aromatic rings. The fourth-order valence-corrected chi connectivity index (χ4v) is 2.42. The number of hydrogen-bond acceptors (Lipinski definition) is 2. The van der Waals surface area contributed by atoms with E-state index in [4.69, 9.17) is 4.74 Å². The number of rotatable bonds is 6. The third kappa shape index (κ3) is 3.97. The molecule has 0 aromatic heterocycles. The lowest BCUT2D eigenvalue weighted by atomic mass is 9.94. The van der Waals surface area contributed by atoms with Crippen LogP contribution >= 0.6 is 0 Å². The molecule has 2 heteroatoms. The average molecular weight is 245 g/mol. The largest absolute Gasteiger partial charge is 0.381 e. The van der Waals surface area contributed by atoms with E-state index >= 15 is 0 Å². The van der Waals surface area contributed by atoms with E-state index in [0.717, 1.165) is 26.2 Å². The van der Waals surface area contributed by atoms with Gasteiger partial charge in [-0.05, 0) is 31.2 Å². The highest BCUT2D eigenvalue weighted by molar-refractivity contribution is 5.19. The van der Waals surface area contributed by atoms with Crippen LogP contribution in [-0.4, -0.2) is 19.8 Å². The fourth-order valence-electron chi connectivity index (χ4n) is 2.42. The highest BCUT2D eigenvalue weighted by Crippen LogP contribution is 2.26. The summed E-state index contributed by atoms with van der Waals surface area (Å²) < 4.78 is 5.47. The van der Waals surface area contributed by atoms with Crippen molar-refractivity contribution in [2.45, 2.75) is 25.8 Å². The summed E-state index contributed by atoms with van der Waals surface area (Å²) >= 11 is 0. The number of hydrogen-bond donors (Lipinski definition) is 1. The van der Waals surface area contributed by atoms with Gasteiger partial charge in [-0.1, -0.05) is 42.5 Å². The first-order valence-corrected chi connectivity index (χ1v) is 6.76. The van der Waals surface area contributed by atoms with Crippen molar-refractivity contribution in [1.82, 2.24) is 5.32 Å². The Kier molecular flexibility index (Phi) is 4.97. The molecule has 0 bridgehead atoms. The molecule has 0 spiro atoms. The van der Waals surface area contributed by atoms with Crippen molar-refractivity contribution in [3.63, 3.8) is 0 Å². The summed E-state index contributed by atoms with van der Waals surface area (Å²) in [5.41, 5.74) is 2.55. The van der Waals surface area contributed by atoms with Crippen LogP contribution in [0.2, 0.25) is 0 Å². The van der Waals surface area contributed by atoms with Crippen LogP contribution < -0.4 is 5.32 Å². The Balaban J connectivity index is 1.99. The SMILES string of the molecule is C=C(C)CN[C@H](C[C@H]1CCOC1)c1ccccc1. The molecule has 0 unspecified atom stereocenters. The molecule has 98 valence electrons. The molecule has 2 atom stereocenters. The van der Waals surface area contributed by atoms with E-state index in [1.165, 1.54) is 17.6 Å². The lowest BCUT2D eigenvalue weighted by Crippen LogP contribution is -2.25. The zero-order chi connectivity index (χ0) is 12.8. The first-order chi connectivity index (χ1) is 8.75. The molecular formula is C16H23NO. The molecule has 1 N–H and O–H groups in total. The minimum absolute atomic E-state index is 0.412. The van der Waals surface area contributed by atoms with Gasteiger partial charge in [-0.15, -0.1) is 0 Å². The van der Waals surface area contributed by atoms with Gasteiger partial charge in [0.2, 0.25) is 0 Å². The van der Waals surface area contributed by atoms with E-state index in [1.807, 2.05) is 0 Å². The Morgan fingerprint density at radius 2 is 2.22 bits per heavy atom. The van der Waals surface area contributed by atoms with E-state index in [-0.39, 0.29) is 0 Å². The molecule has 0 aliphatic carbocycles. The first-order valence-electron chi connectivity index (χ1n) is 6.76. The number of nitrogens with one attached hydrogen (secondary N) is 1. The molecule has 1 fully saturated rings. The van der Waals surface area contributed by atoms with Gasteiger partial charge >= 0.3 is 0 Å².